The van der Waals surface area contributed by atoms with Gasteiger partial charge in [-0.15, -0.1) is 0 Å². The first-order chi connectivity index (χ1) is 10.3. The van der Waals surface area contributed by atoms with E-state index in [-0.39, 0.29) is 5.91 Å². The summed E-state index contributed by atoms with van der Waals surface area (Å²) in [7, 11) is 2.09. The average molecular weight is 291 g/mol. The van der Waals surface area contributed by atoms with Crippen molar-refractivity contribution in [2.45, 2.75) is 6.42 Å². The molecule has 0 spiro atoms. The molecule has 0 aliphatic carbocycles. The van der Waals surface area contributed by atoms with Crippen LogP contribution in [0.3, 0.4) is 0 Å². The lowest BCUT2D eigenvalue weighted by Gasteiger charge is -2.32. The summed E-state index contributed by atoms with van der Waals surface area (Å²) in [6.07, 6.45) is 0.894. The number of rotatable bonds is 7. The zero-order chi connectivity index (χ0) is 14.9. The summed E-state index contributed by atoms with van der Waals surface area (Å²) >= 11 is 0. The summed E-state index contributed by atoms with van der Waals surface area (Å²) < 4.78 is 5.60. The molecule has 1 aromatic rings. The molecule has 0 atom stereocenters. The van der Waals surface area contributed by atoms with E-state index in [0.29, 0.717) is 13.2 Å². The van der Waals surface area contributed by atoms with E-state index in [1.807, 2.05) is 35.2 Å². The number of nitrogens with one attached hydrogen (secondary N) is 1. The number of hydrogen-bond acceptors (Lipinski definition) is 4. The highest BCUT2D eigenvalue weighted by molar-refractivity contribution is 5.78. The van der Waals surface area contributed by atoms with Gasteiger partial charge in [0, 0.05) is 26.2 Å². The first-order valence-corrected chi connectivity index (χ1v) is 7.60. The second kappa shape index (κ2) is 8.64. The second-order valence-electron chi connectivity index (χ2n) is 5.38. The van der Waals surface area contributed by atoms with Gasteiger partial charge in [-0.05, 0) is 32.1 Å². The molecule has 1 N–H and O–H groups in total. The van der Waals surface area contributed by atoms with E-state index in [2.05, 4.69) is 17.3 Å². The highest BCUT2D eigenvalue weighted by Gasteiger charge is 2.18. The number of likely N-dealkylation sites (N-methyl/N-ethyl adjacent to an activating group) is 1. The van der Waals surface area contributed by atoms with Crippen molar-refractivity contribution in [1.82, 2.24) is 15.1 Å². The summed E-state index contributed by atoms with van der Waals surface area (Å²) in [5.41, 5.74) is 0. The summed E-state index contributed by atoms with van der Waals surface area (Å²) in [6, 6.07) is 9.79. The van der Waals surface area contributed by atoms with Gasteiger partial charge in [0.05, 0.1) is 13.2 Å². The van der Waals surface area contributed by atoms with Crippen LogP contribution >= 0.6 is 0 Å². The number of ether oxygens (including phenoxy) is 1. The monoisotopic (exact) mass is 291 g/mol. The van der Waals surface area contributed by atoms with Crippen molar-refractivity contribution in [1.29, 1.82) is 0 Å². The molecule has 1 aliphatic heterocycles. The summed E-state index contributed by atoms with van der Waals surface area (Å²) in [5.74, 6) is 1.10. The van der Waals surface area contributed by atoms with E-state index in [9.17, 15) is 4.79 Å². The summed E-state index contributed by atoms with van der Waals surface area (Å²) in [6.45, 7) is 5.51. The fourth-order valence-electron chi connectivity index (χ4n) is 2.27. The first kappa shape index (κ1) is 15.8. The van der Waals surface area contributed by atoms with Gasteiger partial charge < -0.3 is 19.9 Å². The maximum Gasteiger partial charge on any atom is 0.236 e. The fraction of sp³-hybridized carbons (Fsp3) is 0.562. The van der Waals surface area contributed by atoms with Crippen molar-refractivity contribution < 1.29 is 9.53 Å². The quantitative estimate of drug-likeness (QED) is 0.756. The molecule has 0 radical (unpaired) electrons. The zero-order valence-corrected chi connectivity index (χ0v) is 12.8. The van der Waals surface area contributed by atoms with Crippen molar-refractivity contribution in [3.63, 3.8) is 0 Å². The number of benzene rings is 1. The molecule has 0 aromatic heterocycles. The predicted octanol–water partition coefficient (Wildman–Crippen LogP) is 0.819. The molecular weight excluding hydrogens is 266 g/mol. The van der Waals surface area contributed by atoms with Crippen molar-refractivity contribution >= 4 is 5.91 Å². The van der Waals surface area contributed by atoms with Gasteiger partial charge in [-0.25, -0.2) is 0 Å². The van der Waals surface area contributed by atoms with Crippen LogP contribution in [0.15, 0.2) is 30.3 Å². The average Bonchev–Trinajstić information content (AvgIpc) is 2.52. The van der Waals surface area contributed by atoms with E-state index in [0.717, 1.165) is 44.9 Å². The Balaban J connectivity index is 1.50. The van der Waals surface area contributed by atoms with Crippen LogP contribution in [0.2, 0.25) is 0 Å². The topological polar surface area (TPSA) is 44.8 Å². The third-order valence-corrected chi connectivity index (χ3v) is 3.64. The maximum atomic E-state index is 12.0. The number of carbonyl (C=O) groups excluding carboxylic acids is 1. The minimum absolute atomic E-state index is 0.201. The van der Waals surface area contributed by atoms with Gasteiger partial charge in [-0.3, -0.25) is 4.79 Å². The van der Waals surface area contributed by atoms with Crippen LogP contribution in [-0.4, -0.2) is 68.6 Å². The molecule has 2 rings (SSSR count). The maximum absolute atomic E-state index is 12.0. The Morgan fingerprint density at radius 3 is 2.62 bits per heavy atom. The largest absolute Gasteiger partial charge is 0.494 e. The molecule has 0 saturated carbocycles. The third kappa shape index (κ3) is 5.73. The van der Waals surface area contributed by atoms with Crippen LogP contribution in [-0.2, 0) is 4.79 Å². The van der Waals surface area contributed by atoms with Gasteiger partial charge in [0.2, 0.25) is 5.91 Å². The molecule has 1 heterocycles. The van der Waals surface area contributed by atoms with E-state index in [4.69, 9.17) is 4.74 Å². The molecule has 1 fully saturated rings. The zero-order valence-electron chi connectivity index (χ0n) is 12.8. The lowest BCUT2D eigenvalue weighted by atomic mass is 10.3. The van der Waals surface area contributed by atoms with Gasteiger partial charge in [0.15, 0.2) is 0 Å². The highest BCUT2D eigenvalue weighted by atomic mass is 16.5. The lowest BCUT2D eigenvalue weighted by Crippen LogP contribution is -2.49. The van der Waals surface area contributed by atoms with E-state index < -0.39 is 0 Å². The van der Waals surface area contributed by atoms with Crippen molar-refractivity contribution in [3.05, 3.63) is 30.3 Å². The molecule has 5 nitrogen and oxygen atoms in total. The molecule has 116 valence electrons. The Morgan fingerprint density at radius 2 is 1.90 bits per heavy atom. The number of amides is 1. The highest BCUT2D eigenvalue weighted by Crippen LogP contribution is 2.08. The van der Waals surface area contributed by atoms with Crippen molar-refractivity contribution in [2.75, 3.05) is 52.9 Å². The van der Waals surface area contributed by atoms with E-state index in [1.165, 1.54) is 0 Å². The van der Waals surface area contributed by atoms with Gasteiger partial charge in [-0.2, -0.15) is 0 Å². The Hall–Kier alpha value is -1.59. The second-order valence-corrected chi connectivity index (χ2v) is 5.38. The minimum Gasteiger partial charge on any atom is -0.494 e. The normalized spacial score (nSPS) is 16.0. The Morgan fingerprint density at radius 1 is 1.19 bits per heavy atom. The van der Waals surface area contributed by atoms with Gasteiger partial charge in [0.1, 0.15) is 5.75 Å². The number of nitrogens with zero attached hydrogens (tertiary/aromatic N) is 2. The Bertz CT molecular complexity index is 417. The smallest absolute Gasteiger partial charge is 0.236 e. The van der Waals surface area contributed by atoms with Crippen LogP contribution in [0.5, 0.6) is 5.75 Å². The van der Waals surface area contributed by atoms with Crippen LogP contribution in [0, 0.1) is 0 Å². The number of para-hydroxylation sites is 1. The minimum atomic E-state index is 0.201. The first-order valence-electron chi connectivity index (χ1n) is 7.60. The van der Waals surface area contributed by atoms with E-state index in [1.54, 1.807) is 0 Å². The molecule has 1 amide bonds. The number of hydrogen-bond donors (Lipinski definition) is 1. The van der Waals surface area contributed by atoms with E-state index >= 15 is 0 Å². The lowest BCUT2D eigenvalue weighted by molar-refractivity contribution is -0.131. The molecule has 0 unspecified atom stereocenters. The van der Waals surface area contributed by atoms with Crippen molar-refractivity contribution in [2.24, 2.45) is 0 Å². The van der Waals surface area contributed by atoms with Crippen LogP contribution < -0.4 is 10.1 Å². The molecule has 0 bridgehead atoms. The number of piperazine rings is 1. The van der Waals surface area contributed by atoms with Gasteiger partial charge in [0.25, 0.3) is 0 Å². The molecule has 1 saturated heterocycles. The molecule has 5 heteroatoms. The molecular formula is C16H25N3O2. The van der Waals surface area contributed by atoms with Crippen LogP contribution in [0.4, 0.5) is 0 Å². The molecule has 1 aromatic carbocycles. The Labute approximate surface area is 126 Å². The number of carbonyl (C=O) groups is 1. The van der Waals surface area contributed by atoms with Crippen molar-refractivity contribution in [3.8, 4) is 5.75 Å². The van der Waals surface area contributed by atoms with Crippen LogP contribution in [0.25, 0.3) is 0 Å². The fourth-order valence-corrected chi connectivity index (χ4v) is 2.27. The molecule has 21 heavy (non-hydrogen) atoms. The summed E-state index contributed by atoms with van der Waals surface area (Å²) in [4.78, 5) is 16.2. The standard InChI is InChI=1S/C16H25N3O2/c1-18-9-11-19(12-10-18)16(20)14-17-8-5-13-21-15-6-3-2-4-7-15/h2-4,6-7,17H,5,8-14H2,1H3. The SMILES string of the molecule is CN1CCN(C(=O)CNCCCOc2ccccc2)CC1. The third-order valence-electron chi connectivity index (χ3n) is 3.64. The molecule has 1 aliphatic rings. The predicted molar refractivity (Wildman–Crippen MR) is 83.5 cm³/mol. The van der Waals surface area contributed by atoms with Crippen LogP contribution in [0.1, 0.15) is 6.42 Å². The Kier molecular flexibility index (Phi) is 6.50. The van der Waals surface area contributed by atoms with Gasteiger partial charge in [-0.1, -0.05) is 18.2 Å². The van der Waals surface area contributed by atoms with Gasteiger partial charge >= 0.3 is 0 Å². The summed E-state index contributed by atoms with van der Waals surface area (Å²) in [5, 5.41) is 3.20.